The van der Waals surface area contributed by atoms with E-state index in [-0.39, 0.29) is 29.9 Å². The molecule has 31 heavy (non-hydrogen) atoms. The van der Waals surface area contributed by atoms with Crippen LogP contribution < -0.4 is 0 Å². The summed E-state index contributed by atoms with van der Waals surface area (Å²) in [6.45, 7) is 4.47. The number of allylic oxidation sites excluding steroid dienone is 4. The highest BCUT2D eigenvalue weighted by molar-refractivity contribution is 6.45. The van der Waals surface area contributed by atoms with Gasteiger partial charge in [0.2, 0.25) is 12.1 Å². The number of hydrogen-bond donors (Lipinski definition) is 4. The molecule has 9 atom stereocenters. The summed E-state index contributed by atoms with van der Waals surface area (Å²) >= 11 is 6.10. The number of aliphatic hydroxyl groups excluding tert-OH is 2. The fourth-order valence-electron chi connectivity index (χ4n) is 7.35. The Balaban J connectivity index is 1.89. The van der Waals surface area contributed by atoms with Gasteiger partial charge in [-0.25, -0.2) is 8.78 Å². The third kappa shape index (κ3) is 2.46. The number of carbonyl (C=O) groups is 2. The van der Waals surface area contributed by atoms with Gasteiger partial charge in [0.05, 0.1) is 11.1 Å². The zero-order chi connectivity index (χ0) is 23.3. The predicted molar refractivity (Wildman–Crippen MR) is 106 cm³/mol. The fraction of sp³-hybridized carbons (Fsp3) is 0.727. The van der Waals surface area contributed by atoms with Crippen molar-refractivity contribution in [3.8, 4) is 0 Å². The number of halogens is 3. The van der Waals surface area contributed by atoms with E-state index in [1.807, 2.05) is 0 Å². The minimum Gasteiger partial charge on any atom is -0.390 e. The third-order valence-corrected chi connectivity index (χ3v) is 9.29. The molecule has 0 aromatic heterocycles. The molecule has 4 rings (SSSR count). The highest BCUT2D eigenvalue weighted by atomic mass is 35.5. The van der Waals surface area contributed by atoms with Crippen LogP contribution in [0.3, 0.4) is 0 Å². The van der Waals surface area contributed by atoms with Crippen molar-refractivity contribution in [2.45, 2.75) is 69.9 Å². The molecular formula is C22H27ClF2O6. The van der Waals surface area contributed by atoms with E-state index in [9.17, 15) is 30.0 Å². The van der Waals surface area contributed by atoms with Crippen LogP contribution in [0.1, 0.15) is 40.0 Å². The molecule has 0 bridgehead atoms. The van der Waals surface area contributed by atoms with Crippen molar-refractivity contribution in [1.82, 2.24) is 0 Å². The zero-order valence-electron chi connectivity index (χ0n) is 17.5. The van der Waals surface area contributed by atoms with Crippen LogP contribution in [0.4, 0.5) is 8.78 Å². The monoisotopic (exact) mass is 460 g/mol. The summed E-state index contributed by atoms with van der Waals surface area (Å²) in [4.78, 5) is 24.7. The molecule has 0 saturated heterocycles. The van der Waals surface area contributed by atoms with E-state index in [2.05, 4.69) is 0 Å². The fourth-order valence-corrected chi connectivity index (χ4v) is 7.73. The first-order valence-corrected chi connectivity index (χ1v) is 10.8. The number of alkyl halides is 2. The van der Waals surface area contributed by atoms with Gasteiger partial charge in [-0.05, 0) is 49.7 Å². The molecule has 0 aromatic carbocycles. The molecule has 4 aliphatic rings. The summed E-state index contributed by atoms with van der Waals surface area (Å²) in [6.07, 6.45) is -4.18. The highest BCUT2D eigenvalue weighted by Crippen LogP contribution is 2.71. The summed E-state index contributed by atoms with van der Waals surface area (Å²) in [5.41, 5.74) is -7.93. The molecule has 0 amide bonds. The Morgan fingerprint density at radius 2 is 1.87 bits per heavy atom. The molecule has 4 N–H and O–H groups in total. The van der Waals surface area contributed by atoms with Crippen molar-refractivity contribution in [3.05, 3.63) is 22.8 Å². The minimum atomic E-state index is -2.43. The molecule has 4 aliphatic carbocycles. The number of carbonyl (C=O) groups excluding carboxylic acids is 2. The van der Waals surface area contributed by atoms with Gasteiger partial charge in [0, 0.05) is 16.7 Å². The van der Waals surface area contributed by atoms with Gasteiger partial charge in [-0.2, -0.15) is 0 Å². The molecule has 0 aromatic rings. The Morgan fingerprint density at radius 1 is 1.26 bits per heavy atom. The molecule has 0 spiro atoms. The Bertz CT molecular complexity index is 920. The maximum absolute atomic E-state index is 17.0. The Kier molecular flexibility index (Phi) is 4.94. The number of hydrogen-bond acceptors (Lipinski definition) is 6. The van der Waals surface area contributed by atoms with Gasteiger partial charge in [-0.3, -0.25) is 9.59 Å². The first kappa shape index (κ1) is 23.0. The molecule has 3 saturated carbocycles. The molecule has 0 heterocycles. The van der Waals surface area contributed by atoms with E-state index in [0.717, 1.165) is 6.08 Å². The molecule has 3 fully saturated rings. The van der Waals surface area contributed by atoms with Gasteiger partial charge in [0.1, 0.15) is 11.8 Å². The summed E-state index contributed by atoms with van der Waals surface area (Å²) < 4.78 is 32.4. The van der Waals surface area contributed by atoms with Gasteiger partial charge < -0.3 is 20.4 Å². The van der Waals surface area contributed by atoms with Crippen molar-refractivity contribution >= 4 is 23.2 Å². The lowest BCUT2D eigenvalue weighted by Crippen LogP contribution is -2.71. The van der Waals surface area contributed by atoms with E-state index in [4.69, 9.17) is 11.6 Å². The van der Waals surface area contributed by atoms with Crippen LogP contribution in [0.5, 0.6) is 0 Å². The topological polar surface area (TPSA) is 115 Å². The van der Waals surface area contributed by atoms with Crippen LogP contribution in [-0.2, 0) is 9.59 Å². The molecule has 0 unspecified atom stereocenters. The summed E-state index contributed by atoms with van der Waals surface area (Å²) in [5, 5.41) is 41.1. The van der Waals surface area contributed by atoms with Crippen molar-refractivity contribution in [2.75, 3.05) is 0 Å². The number of fused-ring (bicyclic) bond motifs is 5. The van der Waals surface area contributed by atoms with E-state index in [1.165, 1.54) is 19.9 Å². The SMILES string of the molecule is C[C@H]1C[C@H]2[C@@H]3C[C@H](F)C4=C(Cl)C(=O)C=C[C@]4(C)[C@@]3(F)[C@@H](O)C[C@]2(C)[C@@]1(O)C(=O)C(O)O. The Hall–Kier alpha value is -1.19. The standard InChI is InChI=1S/C22H27ClF2O6/c1-9-6-10-11-7-12(24)15-16(23)13(26)4-5-19(15,2)21(11,25)14(27)8-20(10,3)22(9,31)17(28)18(29)30/h4-5,9-12,14,18,27,29-31H,6-8H2,1-3H3/t9-,10-,11-,12-,14-,19-,20-,21-,22-/m0/s1. The lowest BCUT2D eigenvalue weighted by Gasteiger charge is -2.63. The zero-order valence-corrected chi connectivity index (χ0v) is 18.2. The van der Waals surface area contributed by atoms with Crippen molar-refractivity contribution in [2.24, 2.45) is 28.6 Å². The second-order valence-electron chi connectivity index (χ2n) is 10.1. The number of ketones is 2. The van der Waals surface area contributed by atoms with Crippen LogP contribution in [0.25, 0.3) is 0 Å². The van der Waals surface area contributed by atoms with Crippen LogP contribution in [0.2, 0.25) is 0 Å². The van der Waals surface area contributed by atoms with Gasteiger partial charge >= 0.3 is 0 Å². The minimum absolute atomic E-state index is 0.132. The second-order valence-corrected chi connectivity index (χ2v) is 10.5. The van der Waals surface area contributed by atoms with E-state index in [0.29, 0.717) is 0 Å². The van der Waals surface area contributed by atoms with Crippen molar-refractivity contribution in [1.29, 1.82) is 0 Å². The Labute approximate surface area is 183 Å². The molecule has 172 valence electrons. The second kappa shape index (κ2) is 6.67. The highest BCUT2D eigenvalue weighted by Gasteiger charge is 2.77. The maximum Gasteiger partial charge on any atom is 0.220 e. The molecule has 9 heteroatoms. The van der Waals surface area contributed by atoms with Crippen LogP contribution in [-0.4, -0.2) is 61.8 Å². The smallest absolute Gasteiger partial charge is 0.220 e. The normalized spacial score (nSPS) is 51.6. The average molecular weight is 461 g/mol. The summed E-state index contributed by atoms with van der Waals surface area (Å²) in [5.74, 6) is -4.45. The lowest BCUT2D eigenvalue weighted by molar-refractivity contribution is -0.229. The largest absolute Gasteiger partial charge is 0.390 e. The molecular weight excluding hydrogens is 434 g/mol. The van der Waals surface area contributed by atoms with Crippen LogP contribution in [0, 0.1) is 28.6 Å². The summed E-state index contributed by atoms with van der Waals surface area (Å²) in [7, 11) is 0. The average Bonchev–Trinajstić information content (AvgIpc) is 2.88. The van der Waals surface area contributed by atoms with E-state index >= 15 is 8.78 Å². The van der Waals surface area contributed by atoms with Crippen LogP contribution >= 0.6 is 11.6 Å². The molecule has 6 nitrogen and oxygen atoms in total. The van der Waals surface area contributed by atoms with Crippen LogP contribution in [0.15, 0.2) is 22.8 Å². The van der Waals surface area contributed by atoms with Gasteiger partial charge in [0.25, 0.3) is 0 Å². The molecule has 0 radical (unpaired) electrons. The quantitative estimate of drug-likeness (QED) is 0.466. The number of aliphatic hydroxyl groups is 4. The van der Waals surface area contributed by atoms with Crippen molar-refractivity contribution in [3.63, 3.8) is 0 Å². The van der Waals surface area contributed by atoms with Crippen molar-refractivity contribution < 1.29 is 38.8 Å². The third-order valence-electron chi connectivity index (χ3n) is 8.90. The predicted octanol–water partition coefficient (Wildman–Crippen LogP) is 1.73. The Morgan fingerprint density at radius 3 is 2.45 bits per heavy atom. The first-order valence-electron chi connectivity index (χ1n) is 10.5. The van der Waals surface area contributed by atoms with E-state index in [1.54, 1.807) is 6.92 Å². The molecule has 0 aliphatic heterocycles. The van der Waals surface area contributed by atoms with E-state index < -0.39 is 70.0 Å². The number of rotatable bonds is 2. The van der Waals surface area contributed by atoms with Gasteiger partial charge in [-0.1, -0.05) is 31.5 Å². The van der Waals surface area contributed by atoms with Gasteiger partial charge in [-0.15, -0.1) is 0 Å². The first-order chi connectivity index (χ1) is 14.2. The number of Topliss-reactive ketones (excluding diaryl/α,β-unsaturated/α-hetero) is 1. The van der Waals surface area contributed by atoms with Gasteiger partial charge in [0.15, 0.2) is 11.5 Å². The maximum atomic E-state index is 17.0. The summed E-state index contributed by atoms with van der Waals surface area (Å²) in [6, 6.07) is 0. The lowest BCUT2D eigenvalue weighted by atomic mass is 9.44.